The van der Waals surface area contributed by atoms with Crippen LogP contribution in [0.3, 0.4) is 0 Å². The number of aliphatic hydroxyl groups excluding tert-OH is 1. The summed E-state index contributed by atoms with van der Waals surface area (Å²) in [4.78, 5) is 0. The summed E-state index contributed by atoms with van der Waals surface area (Å²) in [5.74, 6) is 2.35. The maximum Gasteiger partial charge on any atom is 0.119 e. The predicted molar refractivity (Wildman–Crippen MR) is 200 cm³/mol. The molecule has 6 aromatic carbocycles. The Balaban J connectivity index is 1.22. The van der Waals surface area contributed by atoms with Gasteiger partial charge in [-0.2, -0.15) is 0 Å². The summed E-state index contributed by atoms with van der Waals surface area (Å²) in [6.45, 7) is 2.50. The van der Waals surface area contributed by atoms with Crippen LogP contribution in [0, 0.1) is 0 Å². The minimum Gasteiger partial charge on any atom is -0.491 e. The molecule has 0 aliphatic carbocycles. The van der Waals surface area contributed by atoms with Crippen molar-refractivity contribution in [3.63, 3.8) is 0 Å². The van der Waals surface area contributed by atoms with Crippen molar-refractivity contribution in [2.24, 2.45) is 0 Å². The fraction of sp³-hybridized carbons (Fsp3) is 0.156. The molecule has 6 rings (SSSR count). The van der Waals surface area contributed by atoms with E-state index in [0.29, 0.717) is 39.5 Å². The van der Waals surface area contributed by atoms with Crippen LogP contribution in [0.1, 0.15) is 39.8 Å². The Morgan fingerprint density at radius 2 is 0.800 bits per heavy atom. The monoisotopic (exact) mass is 662 g/mol. The van der Waals surface area contributed by atoms with Gasteiger partial charge in [-0.15, -0.1) is 0 Å². The van der Waals surface area contributed by atoms with Gasteiger partial charge >= 0.3 is 0 Å². The number of rotatable bonds is 17. The first-order valence-corrected chi connectivity index (χ1v) is 17.0. The van der Waals surface area contributed by atoms with Crippen molar-refractivity contribution < 1.29 is 24.1 Å². The maximum absolute atomic E-state index is 10.3. The van der Waals surface area contributed by atoms with Gasteiger partial charge in [-0.25, -0.2) is 0 Å². The lowest BCUT2D eigenvalue weighted by molar-refractivity contribution is 0.0889. The molecular formula is C45H42O5. The van der Waals surface area contributed by atoms with Gasteiger partial charge in [0.05, 0.1) is 13.2 Å². The lowest BCUT2D eigenvalue weighted by atomic mass is 9.88. The first-order chi connectivity index (χ1) is 24.7. The molecule has 0 aliphatic heterocycles. The quantitative estimate of drug-likeness (QED) is 0.0779. The molecule has 5 heteroatoms. The molecule has 0 saturated heterocycles. The van der Waals surface area contributed by atoms with Crippen molar-refractivity contribution in [2.45, 2.75) is 26.2 Å². The molecule has 252 valence electrons. The van der Waals surface area contributed by atoms with Gasteiger partial charge in [-0.05, 0) is 87.3 Å². The average Bonchev–Trinajstić information content (AvgIpc) is 3.18. The van der Waals surface area contributed by atoms with E-state index in [-0.39, 0.29) is 6.61 Å². The SMILES string of the molecule is OCCC(=C(c1ccc(OCCOCc2ccccc2)cc1)c1ccc(OCc2ccccc2)cc1)c1ccc(OCc2ccccc2)cc1. The molecule has 5 nitrogen and oxygen atoms in total. The second-order valence-electron chi connectivity index (χ2n) is 11.8. The van der Waals surface area contributed by atoms with Gasteiger partial charge in [0.15, 0.2) is 0 Å². The van der Waals surface area contributed by atoms with E-state index in [4.69, 9.17) is 18.9 Å². The highest BCUT2D eigenvalue weighted by atomic mass is 16.5. The summed E-state index contributed by atoms with van der Waals surface area (Å²) in [7, 11) is 0. The second kappa shape index (κ2) is 18.2. The van der Waals surface area contributed by atoms with Crippen molar-refractivity contribution in [1.82, 2.24) is 0 Å². The smallest absolute Gasteiger partial charge is 0.119 e. The van der Waals surface area contributed by atoms with E-state index in [1.807, 2.05) is 91.0 Å². The van der Waals surface area contributed by atoms with Crippen LogP contribution in [0.4, 0.5) is 0 Å². The molecule has 0 aromatic heterocycles. The largest absolute Gasteiger partial charge is 0.491 e. The van der Waals surface area contributed by atoms with Crippen molar-refractivity contribution in [2.75, 3.05) is 19.8 Å². The molecule has 0 bridgehead atoms. The highest BCUT2D eigenvalue weighted by Gasteiger charge is 2.15. The molecule has 0 spiro atoms. The molecule has 1 N–H and O–H groups in total. The van der Waals surface area contributed by atoms with Crippen LogP contribution in [-0.4, -0.2) is 24.9 Å². The van der Waals surface area contributed by atoms with Crippen molar-refractivity contribution in [3.8, 4) is 17.2 Å². The van der Waals surface area contributed by atoms with Crippen molar-refractivity contribution >= 4 is 11.1 Å². The Morgan fingerprint density at radius 3 is 1.24 bits per heavy atom. The summed E-state index contributed by atoms with van der Waals surface area (Å²) in [5, 5.41) is 10.3. The summed E-state index contributed by atoms with van der Waals surface area (Å²) < 4.78 is 24.0. The number of benzene rings is 6. The molecule has 0 saturated carbocycles. The van der Waals surface area contributed by atoms with Crippen LogP contribution in [-0.2, 0) is 24.6 Å². The summed E-state index contributed by atoms with van der Waals surface area (Å²) in [6, 6.07) is 54.8. The Morgan fingerprint density at radius 1 is 0.400 bits per heavy atom. The van der Waals surface area contributed by atoms with E-state index in [0.717, 1.165) is 61.8 Å². The molecule has 6 aromatic rings. The number of ether oxygens (including phenoxy) is 4. The number of hydrogen-bond donors (Lipinski definition) is 1. The number of aliphatic hydroxyl groups is 1. The van der Waals surface area contributed by atoms with Gasteiger partial charge in [-0.1, -0.05) is 127 Å². The molecule has 0 fully saturated rings. The first-order valence-electron chi connectivity index (χ1n) is 17.0. The van der Waals surface area contributed by atoms with Gasteiger partial charge in [0.2, 0.25) is 0 Å². The molecule has 0 aliphatic rings. The normalized spacial score (nSPS) is 11.5. The first kappa shape index (κ1) is 34.3. The van der Waals surface area contributed by atoms with Crippen LogP contribution in [0.25, 0.3) is 11.1 Å². The minimum absolute atomic E-state index is 0.00748. The van der Waals surface area contributed by atoms with Crippen LogP contribution >= 0.6 is 0 Å². The molecule has 0 heterocycles. The minimum atomic E-state index is 0.00748. The van der Waals surface area contributed by atoms with Gasteiger partial charge < -0.3 is 24.1 Å². The summed E-state index contributed by atoms with van der Waals surface area (Å²) in [5.41, 5.74) is 8.48. The summed E-state index contributed by atoms with van der Waals surface area (Å²) >= 11 is 0. The Bertz CT molecular complexity index is 1890. The van der Waals surface area contributed by atoms with E-state index >= 15 is 0 Å². The molecule has 0 radical (unpaired) electrons. The molecule has 0 amide bonds. The highest BCUT2D eigenvalue weighted by molar-refractivity contribution is 5.98. The lowest BCUT2D eigenvalue weighted by Crippen LogP contribution is -2.06. The van der Waals surface area contributed by atoms with Crippen LogP contribution in [0.2, 0.25) is 0 Å². The molecular weight excluding hydrogens is 620 g/mol. The van der Waals surface area contributed by atoms with Gasteiger partial charge in [0.1, 0.15) is 37.1 Å². The standard InChI is InChI=1S/C45H42O5/c46-29-28-44(38-16-22-42(23-17-38)49-33-36-12-6-2-7-13-36)45(40-20-26-43(27-21-40)50-34-37-14-8-3-9-15-37)39-18-24-41(25-19-39)48-31-30-47-32-35-10-4-1-5-11-35/h1-27,46H,28-34H2. The fourth-order valence-corrected chi connectivity index (χ4v) is 5.69. The zero-order valence-electron chi connectivity index (χ0n) is 28.1. The van der Waals surface area contributed by atoms with Crippen molar-refractivity contribution in [3.05, 3.63) is 197 Å². The van der Waals surface area contributed by atoms with E-state index in [1.54, 1.807) is 0 Å². The zero-order valence-corrected chi connectivity index (χ0v) is 28.1. The second-order valence-corrected chi connectivity index (χ2v) is 11.8. The fourth-order valence-electron chi connectivity index (χ4n) is 5.69. The molecule has 50 heavy (non-hydrogen) atoms. The molecule has 0 unspecified atom stereocenters. The maximum atomic E-state index is 10.3. The highest BCUT2D eigenvalue weighted by Crippen LogP contribution is 2.36. The average molecular weight is 663 g/mol. The van der Waals surface area contributed by atoms with Gasteiger partial charge in [-0.3, -0.25) is 0 Å². The van der Waals surface area contributed by atoms with E-state index in [9.17, 15) is 5.11 Å². The summed E-state index contributed by atoms with van der Waals surface area (Å²) in [6.07, 6.45) is 0.475. The van der Waals surface area contributed by atoms with Crippen LogP contribution in [0.15, 0.2) is 164 Å². The Kier molecular flexibility index (Phi) is 12.5. The number of hydrogen-bond acceptors (Lipinski definition) is 5. The van der Waals surface area contributed by atoms with Crippen LogP contribution in [0.5, 0.6) is 17.2 Å². The van der Waals surface area contributed by atoms with Gasteiger partial charge in [0.25, 0.3) is 0 Å². The predicted octanol–water partition coefficient (Wildman–Crippen LogP) is 9.78. The van der Waals surface area contributed by atoms with Crippen LogP contribution < -0.4 is 14.2 Å². The lowest BCUT2D eigenvalue weighted by Gasteiger charge is -2.18. The molecule has 0 atom stereocenters. The third-order valence-electron chi connectivity index (χ3n) is 8.26. The topological polar surface area (TPSA) is 57.2 Å². The third-order valence-corrected chi connectivity index (χ3v) is 8.26. The van der Waals surface area contributed by atoms with E-state index in [2.05, 4.69) is 72.8 Å². The Labute approximate surface area is 295 Å². The Hall–Kier alpha value is -5.62. The van der Waals surface area contributed by atoms with E-state index in [1.165, 1.54) is 0 Å². The van der Waals surface area contributed by atoms with Crippen molar-refractivity contribution in [1.29, 1.82) is 0 Å². The van der Waals surface area contributed by atoms with Gasteiger partial charge in [0, 0.05) is 6.61 Å². The zero-order chi connectivity index (χ0) is 34.2. The third kappa shape index (κ3) is 9.95. The van der Waals surface area contributed by atoms with E-state index < -0.39 is 0 Å².